The Kier molecular flexibility index (Phi) is 9.17. The largest absolute Gasteiger partial charge is 0.494 e. The first-order valence-corrected chi connectivity index (χ1v) is 13.4. The topological polar surface area (TPSA) is 84.9 Å². The average molecular weight is 561 g/mol. The number of nitrogens with one attached hydrogen (secondary N) is 1. The molecule has 0 aliphatic carbocycles. The lowest BCUT2D eigenvalue weighted by Crippen LogP contribution is -2.41. The van der Waals surface area contributed by atoms with Gasteiger partial charge in [-0.1, -0.05) is 28.1 Å². The molecule has 0 spiro atoms. The summed E-state index contributed by atoms with van der Waals surface area (Å²) in [6, 6.07) is 18.7. The number of carbonyl (C=O) groups is 1. The predicted molar refractivity (Wildman–Crippen MR) is 141 cm³/mol. The molecule has 0 saturated heterocycles. The molecule has 0 radical (unpaired) electrons. The summed E-state index contributed by atoms with van der Waals surface area (Å²) in [4.78, 5) is 12.8. The molecule has 0 aliphatic heterocycles. The van der Waals surface area contributed by atoms with Crippen molar-refractivity contribution < 1.29 is 22.7 Å². The molecule has 0 heterocycles. The van der Waals surface area contributed by atoms with Gasteiger partial charge in [0.05, 0.1) is 23.7 Å². The van der Waals surface area contributed by atoms with Gasteiger partial charge < -0.3 is 14.8 Å². The fourth-order valence-electron chi connectivity index (χ4n) is 3.34. The number of hydrogen-bond donors (Lipinski definition) is 1. The summed E-state index contributed by atoms with van der Waals surface area (Å²) < 4.78 is 40.0. The Labute approximate surface area is 215 Å². The quantitative estimate of drug-likeness (QED) is 0.339. The average Bonchev–Trinajstić information content (AvgIpc) is 2.84. The highest BCUT2D eigenvalue weighted by atomic mass is 79.9. The van der Waals surface area contributed by atoms with Crippen LogP contribution >= 0.6 is 15.9 Å². The van der Waals surface area contributed by atoms with Crippen LogP contribution < -0.4 is 19.1 Å². The molecule has 1 N–H and O–H groups in total. The molecular formula is C26H29BrN2O5S. The van der Waals surface area contributed by atoms with E-state index in [4.69, 9.17) is 9.47 Å². The van der Waals surface area contributed by atoms with Gasteiger partial charge in [-0.15, -0.1) is 0 Å². The molecule has 9 heteroatoms. The van der Waals surface area contributed by atoms with E-state index >= 15 is 0 Å². The number of hydrogen-bond acceptors (Lipinski definition) is 5. The Balaban J connectivity index is 1.72. The maximum absolute atomic E-state index is 13.4. The van der Waals surface area contributed by atoms with E-state index in [-0.39, 0.29) is 24.6 Å². The minimum Gasteiger partial charge on any atom is -0.494 e. The molecule has 0 aliphatic rings. The fourth-order valence-corrected chi connectivity index (χ4v) is 5.03. The van der Waals surface area contributed by atoms with Gasteiger partial charge in [0.1, 0.15) is 24.7 Å². The van der Waals surface area contributed by atoms with Crippen molar-refractivity contribution in [2.24, 2.45) is 0 Å². The first kappa shape index (κ1) is 26.6. The van der Waals surface area contributed by atoms with Crippen LogP contribution in [-0.4, -0.2) is 40.6 Å². The number of carbonyl (C=O) groups excluding carboxylic acids is 1. The molecule has 0 bridgehead atoms. The van der Waals surface area contributed by atoms with E-state index in [2.05, 4.69) is 21.2 Å². The third kappa shape index (κ3) is 6.99. The highest BCUT2D eigenvalue weighted by molar-refractivity contribution is 9.10. The van der Waals surface area contributed by atoms with Crippen LogP contribution in [0.15, 0.2) is 76.1 Å². The van der Waals surface area contributed by atoms with Crippen molar-refractivity contribution >= 4 is 37.5 Å². The standard InChI is InChI=1S/C26H29BrN2O5S/c1-4-33-23-12-10-22(11-13-23)29(35(31,32)24-14-8-21(27)9-15-24)18-26(30)28-16-17-34-25-7-5-6-19(2)20(25)3/h5-15H,4,16-18H2,1-3H3,(H,28,30). The summed E-state index contributed by atoms with van der Waals surface area (Å²) >= 11 is 3.32. The number of halogens is 1. The molecule has 3 aromatic carbocycles. The monoisotopic (exact) mass is 560 g/mol. The Morgan fingerprint density at radius 3 is 2.31 bits per heavy atom. The molecule has 0 atom stereocenters. The third-order valence-corrected chi connectivity index (χ3v) is 7.68. The Hall–Kier alpha value is -3.04. The minimum absolute atomic E-state index is 0.0839. The van der Waals surface area contributed by atoms with Gasteiger partial charge in [0.2, 0.25) is 5.91 Å². The lowest BCUT2D eigenvalue weighted by Gasteiger charge is -2.24. The smallest absolute Gasteiger partial charge is 0.264 e. The van der Waals surface area contributed by atoms with E-state index < -0.39 is 15.9 Å². The van der Waals surface area contributed by atoms with Crippen LogP contribution in [0.2, 0.25) is 0 Å². The zero-order valence-corrected chi connectivity index (χ0v) is 22.4. The number of benzene rings is 3. The van der Waals surface area contributed by atoms with Crippen molar-refractivity contribution in [2.45, 2.75) is 25.7 Å². The second kappa shape index (κ2) is 12.1. The van der Waals surface area contributed by atoms with Crippen LogP contribution in [0.5, 0.6) is 11.5 Å². The summed E-state index contributed by atoms with van der Waals surface area (Å²) in [6.07, 6.45) is 0. The summed E-state index contributed by atoms with van der Waals surface area (Å²) in [5.41, 5.74) is 2.52. The zero-order valence-electron chi connectivity index (χ0n) is 20.0. The number of anilines is 1. The van der Waals surface area contributed by atoms with Gasteiger partial charge in [-0.3, -0.25) is 9.10 Å². The molecular weight excluding hydrogens is 532 g/mol. The maximum atomic E-state index is 13.4. The van der Waals surface area contributed by atoms with Gasteiger partial charge in [-0.2, -0.15) is 0 Å². The molecule has 3 rings (SSSR count). The number of sulfonamides is 1. The van der Waals surface area contributed by atoms with E-state index in [1.165, 1.54) is 12.1 Å². The van der Waals surface area contributed by atoms with Crippen LogP contribution in [0.1, 0.15) is 18.1 Å². The van der Waals surface area contributed by atoms with E-state index in [1.807, 2.05) is 39.0 Å². The number of aryl methyl sites for hydroxylation is 1. The fraction of sp³-hybridized carbons (Fsp3) is 0.269. The maximum Gasteiger partial charge on any atom is 0.264 e. The normalized spacial score (nSPS) is 11.1. The van der Waals surface area contributed by atoms with E-state index in [9.17, 15) is 13.2 Å². The molecule has 0 saturated carbocycles. The van der Waals surface area contributed by atoms with Gasteiger partial charge in [0.15, 0.2) is 0 Å². The Morgan fingerprint density at radius 1 is 0.971 bits per heavy atom. The SMILES string of the molecule is CCOc1ccc(N(CC(=O)NCCOc2cccc(C)c2C)S(=O)(=O)c2ccc(Br)cc2)cc1. The molecule has 7 nitrogen and oxygen atoms in total. The number of rotatable bonds is 11. The molecule has 0 unspecified atom stereocenters. The van der Waals surface area contributed by atoms with Crippen LogP contribution in [0.25, 0.3) is 0 Å². The van der Waals surface area contributed by atoms with Crippen molar-refractivity contribution in [3.63, 3.8) is 0 Å². The van der Waals surface area contributed by atoms with Crippen LogP contribution in [0.3, 0.4) is 0 Å². The second-order valence-electron chi connectivity index (χ2n) is 7.79. The van der Waals surface area contributed by atoms with E-state index in [0.29, 0.717) is 18.0 Å². The highest BCUT2D eigenvalue weighted by Gasteiger charge is 2.27. The first-order valence-electron chi connectivity index (χ1n) is 11.2. The number of nitrogens with zero attached hydrogens (tertiary/aromatic N) is 1. The van der Waals surface area contributed by atoms with Gasteiger partial charge >= 0.3 is 0 Å². The van der Waals surface area contributed by atoms with Crippen LogP contribution in [0.4, 0.5) is 5.69 Å². The van der Waals surface area contributed by atoms with Crippen molar-refractivity contribution in [3.05, 3.63) is 82.3 Å². The van der Waals surface area contributed by atoms with Gasteiger partial charge in [0.25, 0.3) is 10.0 Å². The van der Waals surface area contributed by atoms with E-state index in [0.717, 1.165) is 25.7 Å². The van der Waals surface area contributed by atoms with Crippen molar-refractivity contribution in [3.8, 4) is 11.5 Å². The van der Waals surface area contributed by atoms with Gasteiger partial charge in [-0.25, -0.2) is 8.42 Å². The van der Waals surface area contributed by atoms with Crippen molar-refractivity contribution in [1.82, 2.24) is 5.32 Å². The third-order valence-electron chi connectivity index (χ3n) is 5.36. The van der Waals surface area contributed by atoms with Gasteiger partial charge in [-0.05, 0) is 86.5 Å². The molecule has 3 aromatic rings. The Bertz CT molecular complexity index is 1250. The molecule has 0 fully saturated rings. The van der Waals surface area contributed by atoms with Crippen LogP contribution in [-0.2, 0) is 14.8 Å². The molecule has 35 heavy (non-hydrogen) atoms. The number of amides is 1. The second-order valence-corrected chi connectivity index (χ2v) is 10.6. The summed E-state index contributed by atoms with van der Waals surface area (Å²) in [5.74, 6) is 0.933. The summed E-state index contributed by atoms with van der Waals surface area (Å²) in [6.45, 7) is 6.46. The highest BCUT2D eigenvalue weighted by Crippen LogP contribution is 2.26. The van der Waals surface area contributed by atoms with Crippen LogP contribution in [0, 0.1) is 13.8 Å². The minimum atomic E-state index is -4.00. The van der Waals surface area contributed by atoms with Crippen molar-refractivity contribution in [1.29, 1.82) is 0 Å². The number of ether oxygens (including phenoxy) is 2. The predicted octanol–water partition coefficient (Wildman–Crippen LogP) is 4.86. The molecule has 0 aromatic heterocycles. The van der Waals surface area contributed by atoms with E-state index in [1.54, 1.807) is 36.4 Å². The summed E-state index contributed by atoms with van der Waals surface area (Å²) in [5, 5.41) is 2.75. The zero-order chi connectivity index (χ0) is 25.4. The summed E-state index contributed by atoms with van der Waals surface area (Å²) in [7, 11) is -4.00. The lowest BCUT2D eigenvalue weighted by molar-refractivity contribution is -0.119. The lowest BCUT2D eigenvalue weighted by atomic mass is 10.1. The Morgan fingerprint density at radius 2 is 1.66 bits per heavy atom. The molecule has 1 amide bonds. The van der Waals surface area contributed by atoms with Gasteiger partial charge in [0, 0.05) is 4.47 Å². The first-order chi connectivity index (χ1) is 16.7. The van der Waals surface area contributed by atoms with Crippen molar-refractivity contribution in [2.75, 3.05) is 30.6 Å². The molecule has 186 valence electrons.